The van der Waals surface area contributed by atoms with Gasteiger partial charge < -0.3 is 14.6 Å². The van der Waals surface area contributed by atoms with Crippen LogP contribution >= 0.6 is 0 Å². The molecule has 1 atom stereocenters. The number of benzene rings is 1. The summed E-state index contributed by atoms with van der Waals surface area (Å²) >= 11 is 0. The third kappa shape index (κ3) is 2.75. The fourth-order valence-electron chi connectivity index (χ4n) is 4.90. The van der Waals surface area contributed by atoms with Crippen molar-refractivity contribution in [3.8, 4) is 11.1 Å². The van der Waals surface area contributed by atoms with Gasteiger partial charge in [-0.05, 0) is 51.8 Å². The molecule has 3 aliphatic heterocycles. The predicted octanol–water partition coefficient (Wildman–Crippen LogP) is 3.27. The average molecular weight is 378 g/mol. The Morgan fingerprint density at radius 3 is 2.68 bits per heavy atom. The number of furan rings is 1. The summed E-state index contributed by atoms with van der Waals surface area (Å²) in [6.45, 7) is 7.34. The maximum absolute atomic E-state index is 12.9. The molecule has 1 unspecified atom stereocenters. The van der Waals surface area contributed by atoms with Gasteiger partial charge in [0.1, 0.15) is 5.58 Å². The van der Waals surface area contributed by atoms with Crippen LogP contribution in [0.1, 0.15) is 34.8 Å². The van der Waals surface area contributed by atoms with Crippen molar-refractivity contribution < 1.29 is 9.21 Å². The number of aromatic nitrogens is 2. The van der Waals surface area contributed by atoms with Gasteiger partial charge in [-0.2, -0.15) is 5.10 Å². The molecule has 28 heavy (non-hydrogen) atoms. The van der Waals surface area contributed by atoms with E-state index in [0.29, 0.717) is 11.7 Å². The second-order valence-corrected chi connectivity index (χ2v) is 8.22. The summed E-state index contributed by atoms with van der Waals surface area (Å²) in [5.41, 5.74) is 4.86. The lowest BCUT2D eigenvalue weighted by molar-refractivity contribution is 0.0607. The zero-order valence-electron chi connectivity index (χ0n) is 16.7. The maximum Gasteiger partial charge on any atom is 0.287 e. The van der Waals surface area contributed by atoms with Crippen molar-refractivity contribution in [2.45, 2.75) is 32.7 Å². The van der Waals surface area contributed by atoms with Gasteiger partial charge in [-0.3, -0.25) is 9.48 Å². The largest absolute Gasteiger partial charge is 0.450 e. The van der Waals surface area contributed by atoms with Gasteiger partial charge in [-0.1, -0.05) is 18.2 Å². The van der Waals surface area contributed by atoms with Crippen LogP contribution in [0.2, 0.25) is 0 Å². The molecule has 3 aromatic rings. The highest BCUT2D eigenvalue weighted by molar-refractivity contribution is 6.00. The van der Waals surface area contributed by atoms with Gasteiger partial charge >= 0.3 is 0 Å². The average Bonchev–Trinajstić information content (AvgIpc) is 3.24. The topological polar surface area (TPSA) is 63.3 Å². The highest BCUT2D eigenvalue weighted by Gasteiger charge is 2.35. The van der Waals surface area contributed by atoms with E-state index in [1.165, 1.54) is 12.8 Å². The lowest BCUT2D eigenvalue weighted by Crippen LogP contribution is -2.57. The Morgan fingerprint density at radius 1 is 1.25 bits per heavy atom. The summed E-state index contributed by atoms with van der Waals surface area (Å²) < 4.78 is 7.98. The summed E-state index contributed by atoms with van der Waals surface area (Å²) in [6.07, 6.45) is 2.35. The van der Waals surface area contributed by atoms with Crippen molar-refractivity contribution in [3.63, 3.8) is 0 Å². The van der Waals surface area contributed by atoms with Gasteiger partial charge in [-0.25, -0.2) is 0 Å². The van der Waals surface area contributed by atoms with Crippen LogP contribution < -0.4 is 5.32 Å². The van der Waals surface area contributed by atoms with Gasteiger partial charge in [-0.15, -0.1) is 0 Å². The maximum atomic E-state index is 12.9. The first-order chi connectivity index (χ1) is 13.5. The predicted molar refractivity (Wildman–Crippen MR) is 108 cm³/mol. The molecule has 146 valence electrons. The molecule has 1 aromatic carbocycles. The summed E-state index contributed by atoms with van der Waals surface area (Å²) in [4.78, 5) is 15.3. The second-order valence-electron chi connectivity index (χ2n) is 8.22. The van der Waals surface area contributed by atoms with E-state index in [-0.39, 0.29) is 11.9 Å². The monoisotopic (exact) mass is 378 g/mol. The molecule has 1 amide bonds. The number of amides is 1. The smallest absolute Gasteiger partial charge is 0.287 e. The number of carbonyl (C=O) groups is 1. The van der Waals surface area contributed by atoms with Crippen molar-refractivity contribution in [1.82, 2.24) is 20.0 Å². The highest BCUT2D eigenvalue weighted by atomic mass is 16.3. The molecule has 2 aromatic heterocycles. The van der Waals surface area contributed by atoms with E-state index in [0.717, 1.165) is 53.1 Å². The minimum Gasteiger partial charge on any atom is -0.450 e. The van der Waals surface area contributed by atoms with Gasteiger partial charge in [0, 0.05) is 41.8 Å². The Balaban J connectivity index is 1.48. The quantitative estimate of drug-likeness (QED) is 0.760. The van der Waals surface area contributed by atoms with Crippen LogP contribution in [0.5, 0.6) is 0 Å². The fraction of sp³-hybridized carbons (Fsp3) is 0.455. The Hall–Kier alpha value is -2.60. The third-order valence-electron chi connectivity index (χ3n) is 6.52. The van der Waals surface area contributed by atoms with Crippen LogP contribution in [-0.4, -0.2) is 46.3 Å². The SMILES string of the molecule is Cc1nn(C)c(C)c1-c1cccc2cc(C(=O)NC3CN4CCC3CC4)oc12. The fourth-order valence-corrected chi connectivity index (χ4v) is 4.90. The molecule has 0 radical (unpaired) electrons. The number of nitrogens with zero attached hydrogens (tertiary/aromatic N) is 3. The molecule has 0 aliphatic carbocycles. The van der Waals surface area contributed by atoms with Gasteiger partial charge in [0.15, 0.2) is 5.76 Å². The molecule has 3 aliphatic rings. The zero-order chi connectivity index (χ0) is 19.4. The standard InChI is InChI=1S/C22H26N4O2/c1-13-20(14(2)25(3)24-13)17-6-4-5-16-11-19(28-21(16)17)22(27)23-18-12-26-9-7-15(18)8-10-26/h4-6,11,15,18H,7-10,12H2,1-3H3,(H,23,27). The lowest BCUT2D eigenvalue weighted by Gasteiger charge is -2.44. The van der Waals surface area contributed by atoms with Crippen molar-refractivity contribution in [1.29, 1.82) is 0 Å². The van der Waals surface area contributed by atoms with E-state index in [4.69, 9.17) is 4.42 Å². The van der Waals surface area contributed by atoms with E-state index in [2.05, 4.69) is 22.2 Å². The van der Waals surface area contributed by atoms with Gasteiger partial charge in [0.05, 0.1) is 5.69 Å². The number of carbonyl (C=O) groups excluding carboxylic acids is 1. The molecule has 6 nitrogen and oxygen atoms in total. The van der Waals surface area contributed by atoms with Crippen LogP contribution in [-0.2, 0) is 7.05 Å². The van der Waals surface area contributed by atoms with Crippen LogP contribution in [0.3, 0.4) is 0 Å². The van der Waals surface area contributed by atoms with Crippen LogP contribution in [0.25, 0.3) is 22.1 Å². The van der Waals surface area contributed by atoms with Crippen LogP contribution in [0.15, 0.2) is 28.7 Å². The summed E-state index contributed by atoms with van der Waals surface area (Å²) in [5, 5.41) is 8.69. The normalized spacial score (nSPS) is 24.0. The van der Waals surface area contributed by atoms with Crippen molar-refractivity contribution >= 4 is 16.9 Å². The number of rotatable bonds is 3. The molecule has 0 spiro atoms. The number of hydrogen-bond acceptors (Lipinski definition) is 4. The lowest BCUT2D eigenvalue weighted by atomic mass is 9.84. The number of nitrogens with one attached hydrogen (secondary N) is 1. The van der Waals surface area contributed by atoms with E-state index >= 15 is 0 Å². The number of para-hydroxylation sites is 1. The number of fused-ring (bicyclic) bond motifs is 4. The minimum atomic E-state index is -0.111. The van der Waals surface area contributed by atoms with Gasteiger partial charge in [0.25, 0.3) is 5.91 Å². The van der Waals surface area contributed by atoms with E-state index in [1.54, 1.807) is 0 Å². The van der Waals surface area contributed by atoms with Crippen molar-refractivity contribution in [3.05, 3.63) is 41.4 Å². The molecular formula is C22H26N4O2. The van der Waals surface area contributed by atoms with Crippen LogP contribution in [0, 0.1) is 19.8 Å². The number of aryl methyl sites for hydroxylation is 2. The Bertz CT molecular complexity index is 1060. The molecular weight excluding hydrogens is 352 g/mol. The second kappa shape index (κ2) is 6.48. The molecule has 3 saturated heterocycles. The molecule has 6 heteroatoms. The summed E-state index contributed by atoms with van der Waals surface area (Å²) in [5.74, 6) is 0.869. The Kier molecular flexibility index (Phi) is 4.05. The van der Waals surface area contributed by atoms with Crippen molar-refractivity contribution in [2.75, 3.05) is 19.6 Å². The highest BCUT2D eigenvalue weighted by Crippen LogP contribution is 2.35. The summed E-state index contributed by atoms with van der Waals surface area (Å²) in [7, 11) is 1.95. The van der Waals surface area contributed by atoms with E-state index in [1.807, 2.05) is 42.9 Å². The Morgan fingerprint density at radius 2 is 2.04 bits per heavy atom. The molecule has 2 bridgehead atoms. The number of hydrogen-bond donors (Lipinski definition) is 1. The first-order valence-electron chi connectivity index (χ1n) is 10.1. The molecule has 1 N–H and O–H groups in total. The van der Waals surface area contributed by atoms with Crippen LogP contribution in [0.4, 0.5) is 0 Å². The molecule has 5 heterocycles. The van der Waals surface area contributed by atoms with Gasteiger partial charge in [0.2, 0.25) is 0 Å². The minimum absolute atomic E-state index is 0.111. The molecule has 0 saturated carbocycles. The third-order valence-corrected chi connectivity index (χ3v) is 6.52. The van der Waals surface area contributed by atoms with E-state index in [9.17, 15) is 4.79 Å². The van der Waals surface area contributed by atoms with Crippen molar-refractivity contribution in [2.24, 2.45) is 13.0 Å². The zero-order valence-corrected chi connectivity index (χ0v) is 16.7. The first kappa shape index (κ1) is 17.5. The first-order valence-corrected chi connectivity index (χ1v) is 10.1. The number of piperidine rings is 3. The summed E-state index contributed by atoms with van der Waals surface area (Å²) in [6, 6.07) is 8.13. The molecule has 3 fully saturated rings. The van der Waals surface area contributed by atoms with E-state index < -0.39 is 0 Å². The molecule has 6 rings (SSSR count). The Labute approximate surface area is 164 Å².